The van der Waals surface area contributed by atoms with Gasteiger partial charge in [0.15, 0.2) is 9.84 Å². The van der Waals surface area contributed by atoms with E-state index in [4.69, 9.17) is 5.73 Å². The van der Waals surface area contributed by atoms with E-state index in [1.165, 1.54) is 4.88 Å². The number of nitrogens with zero attached hydrogens (tertiary/aromatic N) is 1. The number of likely N-dealkylation sites (tertiary alicyclic amines) is 1. The van der Waals surface area contributed by atoms with Gasteiger partial charge in [-0.3, -0.25) is 9.69 Å². The van der Waals surface area contributed by atoms with Gasteiger partial charge in [-0.15, -0.1) is 11.3 Å². The Bertz CT molecular complexity index is 540. The maximum atomic E-state index is 11.9. The number of nitrogens with two attached hydrogens (primary N) is 1. The molecule has 1 amide bonds. The van der Waals surface area contributed by atoms with Gasteiger partial charge in [-0.1, -0.05) is 6.07 Å². The number of carbonyl (C=O) groups is 1. The number of hydrogen-bond acceptors (Lipinski definition) is 5. The first kappa shape index (κ1) is 15.5. The van der Waals surface area contributed by atoms with Crippen molar-refractivity contribution in [1.29, 1.82) is 0 Å². The first-order valence-corrected chi connectivity index (χ1v) is 9.44. The van der Waals surface area contributed by atoms with Crippen LogP contribution in [0.5, 0.6) is 0 Å². The Morgan fingerprint density at radius 2 is 2.25 bits per heavy atom. The lowest BCUT2D eigenvalue weighted by molar-refractivity contribution is -0.117. The number of amides is 1. The van der Waals surface area contributed by atoms with Crippen molar-refractivity contribution in [3.8, 4) is 0 Å². The van der Waals surface area contributed by atoms with Gasteiger partial charge in [0, 0.05) is 23.9 Å². The third-order valence-electron chi connectivity index (χ3n) is 3.58. The monoisotopic (exact) mass is 316 g/mol. The molecule has 0 spiro atoms. The summed E-state index contributed by atoms with van der Waals surface area (Å²) < 4.78 is 23.7. The normalized spacial score (nSPS) is 20.3. The minimum Gasteiger partial charge on any atom is -0.370 e. The molecule has 1 saturated heterocycles. The van der Waals surface area contributed by atoms with E-state index in [0.29, 0.717) is 12.6 Å². The Morgan fingerprint density at radius 1 is 1.45 bits per heavy atom. The number of carbonyl (C=O) groups excluding carboxylic acids is 1. The van der Waals surface area contributed by atoms with Crippen molar-refractivity contribution in [2.24, 2.45) is 5.73 Å². The highest BCUT2D eigenvalue weighted by Gasteiger charge is 2.27. The molecular weight excluding hydrogens is 296 g/mol. The lowest BCUT2D eigenvalue weighted by atomic mass is 10.2. The first-order chi connectivity index (χ1) is 9.48. The van der Waals surface area contributed by atoms with Crippen LogP contribution in [0.4, 0.5) is 0 Å². The highest BCUT2D eigenvalue weighted by Crippen LogP contribution is 2.34. The van der Waals surface area contributed by atoms with Gasteiger partial charge in [0.2, 0.25) is 5.91 Å². The molecule has 0 unspecified atom stereocenters. The molecule has 1 aromatic rings. The van der Waals surface area contributed by atoms with E-state index < -0.39 is 15.7 Å². The van der Waals surface area contributed by atoms with E-state index in [1.807, 2.05) is 6.07 Å². The van der Waals surface area contributed by atoms with E-state index in [9.17, 15) is 13.2 Å². The van der Waals surface area contributed by atoms with E-state index in [2.05, 4.69) is 16.3 Å². The SMILES string of the molecule is NC(=O)CCS(=O)(=O)CCN1CCC[C@@H]1c1cccs1. The predicted octanol–water partition coefficient (Wildman–Crippen LogP) is 1.18. The fourth-order valence-corrected chi connectivity index (χ4v) is 4.64. The summed E-state index contributed by atoms with van der Waals surface area (Å²) in [6.45, 7) is 1.47. The maximum absolute atomic E-state index is 11.9. The van der Waals surface area contributed by atoms with Crippen molar-refractivity contribution in [2.45, 2.75) is 25.3 Å². The second kappa shape index (κ2) is 6.69. The van der Waals surface area contributed by atoms with Gasteiger partial charge >= 0.3 is 0 Å². The lowest BCUT2D eigenvalue weighted by Gasteiger charge is -2.23. The van der Waals surface area contributed by atoms with Crippen LogP contribution in [-0.4, -0.2) is 43.8 Å². The van der Waals surface area contributed by atoms with Crippen LogP contribution in [0.25, 0.3) is 0 Å². The summed E-state index contributed by atoms with van der Waals surface area (Å²) in [5.74, 6) is -0.603. The summed E-state index contributed by atoms with van der Waals surface area (Å²) in [5.41, 5.74) is 4.99. The van der Waals surface area contributed by atoms with Crippen LogP contribution in [-0.2, 0) is 14.6 Å². The Labute approximate surface area is 123 Å². The molecule has 5 nitrogen and oxygen atoms in total. The highest BCUT2D eigenvalue weighted by molar-refractivity contribution is 7.91. The summed E-state index contributed by atoms with van der Waals surface area (Å²) in [5, 5.41) is 2.05. The molecule has 2 heterocycles. The topological polar surface area (TPSA) is 80.5 Å². The van der Waals surface area contributed by atoms with Crippen molar-refractivity contribution in [3.05, 3.63) is 22.4 Å². The zero-order valence-corrected chi connectivity index (χ0v) is 13.0. The Kier molecular flexibility index (Phi) is 5.17. The van der Waals surface area contributed by atoms with Crippen LogP contribution >= 0.6 is 11.3 Å². The average molecular weight is 316 g/mol. The lowest BCUT2D eigenvalue weighted by Crippen LogP contribution is -2.30. The second-order valence-corrected chi connectivity index (χ2v) is 8.36. The Hall–Kier alpha value is -0.920. The third kappa shape index (κ3) is 4.29. The van der Waals surface area contributed by atoms with Crippen LogP contribution in [0.15, 0.2) is 17.5 Å². The number of sulfone groups is 1. The quantitative estimate of drug-likeness (QED) is 0.819. The fourth-order valence-electron chi connectivity index (χ4n) is 2.51. The number of thiophene rings is 1. The molecule has 0 radical (unpaired) electrons. The van der Waals surface area contributed by atoms with Crippen LogP contribution in [0, 0.1) is 0 Å². The molecule has 112 valence electrons. The zero-order chi connectivity index (χ0) is 14.6. The molecule has 0 bridgehead atoms. The van der Waals surface area contributed by atoms with Gasteiger partial charge < -0.3 is 5.73 Å². The van der Waals surface area contributed by atoms with Gasteiger partial charge in [-0.25, -0.2) is 8.42 Å². The van der Waals surface area contributed by atoms with Crippen LogP contribution in [0.3, 0.4) is 0 Å². The number of primary amides is 1. The van der Waals surface area contributed by atoms with Crippen molar-refractivity contribution in [2.75, 3.05) is 24.6 Å². The van der Waals surface area contributed by atoms with E-state index >= 15 is 0 Å². The Balaban J connectivity index is 1.88. The van der Waals surface area contributed by atoms with E-state index in [-0.39, 0.29) is 17.9 Å². The van der Waals surface area contributed by atoms with Crippen LogP contribution in [0.1, 0.15) is 30.2 Å². The summed E-state index contributed by atoms with van der Waals surface area (Å²) in [6.07, 6.45) is 2.10. The molecule has 1 fully saturated rings. The second-order valence-electron chi connectivity index (χ2n) is 5.08. The van der Waals surface area contributed by atoms with Crippen LogP contribution < -0.4 is 5.73 Å². The van der Waals surface area contributed by atoms with Crippen molar-refractivity contribution >= 4 is 27.1 Å². The van der Waals surface area contributed by atoms with Crippen molar-refractivity contribution in [1.82, 2.24) is 4.90 Å². The summed E-state index contributed by atoms with van der Waals surface area (Å²) in [4.78, 5) is 14.2. The molecule has 0 aromatic carbocycles. The molecule has 1 aliphatic heterocycles. The van der Waals surface area contributed by atoms with Gasteiger partial charge in [0.25, 0.3) is 0 Å². The van der Waals surface area contributed by atoms with Crippen molar-refractivity contribution in [3.63, 3.8) is 0 Å². The average Bonchev–Trinajstić information content (AvgIpc) is 3.04. The Morgan fingerprint density at radius 3 is 2.90 bits per heavy atom. The molecule has 0 saturated carbocycles. The maximum Gasteiger partial charge on any atom is 0.218 e. The highest BCUT2D eigenvalue weighted by atomic mass is 32.2. The third-order valence-corrected chi connectivity index (χ3v) is 6.19. The molecular formula is C13H20N2O3S2. The fraction of sp³-hybridized carbons (Fsp3) is 0.615. The van der Waals surface area contributed by atoms with E-state index in [1.54, 1.807) is 11.3 Å². The minimum atomic E-state index is -3.20. The zero-order valence-electron chi connectivity index (χ0n) is 11.3. The molecule has 20 heavy (non-hydrogen) atoms. The summed E-state index contributed by atoms with van der Waals surface area (Å²) in [7, 11) is -3.20. The smallest absolute Gasteiger partial charge is 0.218 e. The van der Waals surface area contributed by atoms with Gasteiger partial charge in [-0.2, -0.15) is 0 Å². The number of rotatable bonds is 7. The number of hydrogen-bond donors (Lipinski definition) is 1. The molecule has 0 aliphatic carbocycles. The summed E-state index contributed by atoms with van der Waals surface area (Å²) >= 11 is 1.72. The molecule has 1 aliphatic rings. The summed E-state index contributed by atoms with van der Waals surface area (Å²) in [6, 6.07) is 4.48. The van der Waals surface area contributed by atoms with Gasteiger partial charge in [0.05, 0.1) is 11.5 Å². The molecule has 7 heteroatoms. The van der Waals surface area contributed by atoms with Crippen molar-refractivity contribution < 1.29 is 13.2 Å². The predicted molar refractivity (Wildman–Crippen MR) is 80.3 cm³/mol. The largest absolute Gasteiger partial charge is 0.370 e. The molecule has 2 rings (SSSR count). The van der Waals surface area contributed by atoms with Crippen LogP contribution in [0.2, 0.25) is 0 Å². The van der Waals surface area contributed by atoms with Gasteiger partial charge in [-0.05, 0) is 30.8 Å². The standard InChI is InChI=1S/C13H20N2O3S2/c14-13(16)5-9-20(17,18)10-7-15-6-1-3-11(15)12-4-2-8-19-12/h2,4,8,11H,1,3,5-7,9-10H2,(H2,14,16)/t11-/m1/s1. The molecule has 1 aromatic heterocycles. The minimum absolute atomic E-state index is 0.0866. The molecule has 1 atom stereocenters. The first-order valence-electron chi connectivity index (χ1n) is 6.74. The molecule has 2 N–H and O–H groups in total. The van der Waals surface area contributed by atoms with Gasteiger partial charge in [0.1, 0.15) is 0 Å². The van der Waals surface area contributed by atoms with E-state index in [0.717, 1.165) is 19.4 Å².